The molecule has 6 heterocycles. The molecule has 0 unspecified atom stereocenters. The van der Waals surface area contributed by atoms with Crippen molar-refractivity contribution in [2.45, 2.75) is 6.92 Å². The van der Waals surface area contributed by atoms with Crippen LogP contribution in [-0.2, 0) is 55.3 Å². The molecule has 0 aromatic carbocycles. The van der Waals surface area contributed by atoms with Crippen molar-refractivity contribution in [1.29, 1.82) is 0 Å². The SMILES string of the molecule is CCN(CC(=O)OCC12COP(=O)(OC1)OC2)CC(=O)OCC12COP(=O)(OC1)OC2. The number of hydrogen-bond acceptors (Lipinski definition) is 13. The summed E-state index contributed by atoms with van der Waals surface area (Å²) in [5, 5.41) is 0. The lowest BCUT2D eigenvalue weighted by molar-refractivity contribution is -0.163. The van der Waals surface area contributed by atoms with Gasteiger partial charge in [-0.25, -0.2) is 9.13 Å². The van der Waals surface area contributed by atoms with Crippen LogP contribution >= 0.6 is 15.6 Å². The van der Waals surface area contributed by atoms with Gasteiger partial charge >= 0.3 is 27.6 Å². The lowest BCUT2D eigenvalue weighted by Crippen LogP contribution is -2.49. The Kier molecular flexibility index (Phi) is 6.62. The van der Waals surface area contributed by atoms with Crippen molar-refractivity contribution in [2.24, 2.45) is 10.8 Å². The first-order chi connectivity index (χ1) is 14.7. The molecule has 6 rings (SSSR count). The fourth-order valence-corrected chi connectivity index (χ4v) is 6.26. The van der Waals surface area contributed by atoms with Gasteiger partial charge in [-0.05, 0) is 6.54 Å². The van der Waals surface area contributed by atoms with Gasteiger partial charge in [-0.3, -0.25) is 41.6 Å². The van der Waals surface area contributed by atoms with Crippen LogP contribution < -0.4 is 0 Å². The molecule has 0 amide bonds. The first-order valence-corrected chi connectivity index (χ1v) is 12.7. The first kappa shape index (κ1) is 23.3. The Labute approximate surface area is 178 Å². The zero-order valence-corrected chi connectivity index (χ0v) is 18.8. The number of fused-ring (bicyclic) bond motifs is 6. The molecular weight excluding hydrogens is 460 g/mol. The average molecular weight is 485 g/mol. The van der Waals surface area contributed by atoms with Gasteiger partial charge in [0.05, 0.1) is 63.6 Å². The summed E-state index contributed by atoms with van der Waals surface area (Å²) in [4.78, 5) is 26.0. The van der Waals surface area contributed by atoms with Gasteiger partial charge in [-0.2, -0.15) is 0 Å². The molecule has 13 nitrogen and oxygen atoms in total. The van der Waals surface area contributed by atoms with Gasteiger partial charge in [-0.1, -0.05) is 6.92 Å². The normalized spacial score (nSPS) is 38.9. The van der Waals surface area contributed by atoms with Crippen molar-refractivity contribution in [1.82, 2.24) is 4.90 Å². The highest BCUT2D eigenvalue weighted by Gasteiger charge is 2.52. The molecule has 6 fully saturated rings. The van der Waals surface area contributed by atoms with Gasteiger partial charge in [0.15, 0.2) is 0 Å². The number of rotatable bonds is 9. The highest BCUT2D eigenvalue weighted by molar-refractivity contribution is 7.48. The number of esters is 2. The molecule has 0 aliphatic carbocycles. The van der Waals surface area contributed by atoms with E-state index in [0.29, 0.717) is 6.54 Å². The summed E-state index contributed by atoms with van der Waals surface area (Å²) in [6.45, 7) is 2.67. The molecule has 0 spiro atoms. The molecule has 0 atom stereocenters. The van der Waals surface area contributed by atoms with Crippen LogP contribution in [0.5, 0.6) is 0 Å². The summed E-state index contributed by atoms with van der Waals surface area (Å²) in [6, 6.07) is 0. The summed E-state index contributed by atoms with van der Waals surface area (Å²) in [5.41, 5.74) is -1.37. The maximum absolute atomic E-state index is 12.2. The molecule has 31 heavy (non-hydrogen) atoms. The van der Waals surface area contributed by atoms with Crippen molar-refractivity contribution >= 4 is 27.6 Å². The quantitative estimate of drug-likeness (QED) is 0.335. The Balaban J connectivity index is 1.18. The summed E-state index contributed by atoms with van der Waals surface area (Å²) in [6.07, 6.45) is 0. The molecule has 0 radical (unpaired) electrons. The van der Waals surface area contributed by atoms with Crippen molar-refractivity contribution in [3.05, 3.63) is 0 Å². The second-order valence-corrected chi connectivity index (χ2v) is 11.5. The van der Waals surface area contributed by atoms with Crippen molar-refractivity contribution in [2.75, 3.05) is 72.5 Å². The van der Waals surface area contributed by atoms with Crippen LogP contribution in [0.2, 0.25) is 0 Å². The second-order valence-electron chi connectivity index (χ2n) is 8.16. The molecule has 6 aliphatic rings. The Morgan fingerprint density at radius 1 is 0.742 bits per heavy atom. The van der Waals surface area contributed by atoms with Gasteiger partial charge in [0.25, 0.3) is 0 Å². The molecule has 0 saturated carbocycles. The highest BCUT2D eigenvalue weighted by Crippen LogP contribution is 2.60. The second kappa shape index (κ2) is 8.81. The van der Waals surface area contributed by atoms with E-state index in [9.17, 15) is 18.7 Å². The maximum Gasteiger partial charge on any atom is 0.474 e. The van der Waals surface area contributed by atoms with Crippen LogP contribution in [0.3, 0.4) is 0 Å². The number of hydrogen-bond donors (Lipinski definition) is 0. The number of likely N-dealkylation sites (N-methyl/N-ethyl adjacent to an activating group) is 1. The third kappa shape index (κ3) is 5.38. The molecular formula is C16H25NO12P2. The maximum atomic E-state index is 12.2. The largest absolute Gasteiger partial charge is 0.474 e. The minimum absolute atomic E-state index is 0.0137. The van der Waals surface area contributed by atoms with E-state index in [-0.39, 0.29) is 65.9 Å². The van der Waals surface area contributed by atoms with Crippen LogP contribution in [0.1, 0.15) is 6.92 Å². The minimum Gasteiger partial charge on any atom is -0.464 e. The lowest BCUT2D eigenvalue weighted by atomic mass is 9.92. The third-order valence-electron chi connectivity index (χ3n) is 5.40. The number of phosphoric acid groups is 2. The lowest BCUT2D eigenvalue weighted by Gasteiger charge is -2.43. The first-order valence-electron chi connectivity index (χ1n) is 9.78. The average Bonchev–Trinajstić information content (AvgIpc) is 2.78. The molecule has 6 aliphatic heterocycles. The van der Waals surface area contributed by atoms with Crippen LogP contribution in [-0.4, -0.2) is 89.3 Å². The third-order valence-corrected chi connectivity index (χ3v) is 8.08. The summed E-state index contributed by atoms with van der Waals surface area (Å²) >= 11 is 0. The summed E-state index contributed by atoms with van der Waals surface area (Å²) < 4.78 is 64.5. The zero-order valence-electron chi connectivity index (χ0n) is 17.0. The Morgan fingerprint density at radius 3 is 1.35 bits per heavy atom. The van der Waals surface area contributed by atoms with Gasteiger partial charge in [-0.15, -0.1) is 0 Å². The predicted molar refractivity (Wildman–Crippen MR) is 99.8 cm³/mol. The van der Waals surface area contributed by atoms with Crippen molar-refractivity contribution in [3.8, 4) is 0 Å². The van der Waals surface area contributed by atoms with E-state index in [4.69, 9.17) is 36.6 Å². The molecule has 15 heteroatoms. The number of ether oxygens (including phenoxy) is 2. The van der Waals surface area contributed by atoms with E-state index in [0.717, 1.165) is 0 Å². The highest BCUT2D eigenvalue weighted by atomic mass is 31.2. The van der Waals surface area contributed by atoms with E-state index < -0.39 is 38.4 Å². The van der Waals surface area contributed by atoms with Gasteiger partial charge < -0.3 is 9.47 Å². The fraction of sp³-hybridized carbons (Fsp3) is 0.875. The summed E-state index contributed by atoms with van der Waals surface area (Å²) in [5.74, 6) is -1.07. The monoisotopic (exact) mass is 485 g/mol. The predicted octanol–water partition coefficient (Wildman–Crippen LogP) is 0.738. The molecule has 0 aromatic heterocycles. The zero-order chi connectivity index (χ0) is 22.2. The van der Waals surface area contributed by atoms with E-state index in [1.807, 2.05) is 0 Å². The van der Waals surface area contributed by atoms with E-state index in [1.54, 1.807) is 11.8 Å². The summed E-state index contributed by atoms with van der Waals surface area (Å²) in [7, 11) is -6.85. The molecule has 0 N–H and O–H groups in total. The van der Waals surface area contributed by atoms with Gasteiger partial charge in [0.1, 0.15) is 13.2 Å². The minimum atomic E-state index is -3.42. The molecule has 0 aromatic rings. The van der Waals surface area contributed by atoms with Crippen molar-refractivity contribution < 1.29 is 55.3 Å². The number of carbonyl (C=O) groups excluding carboxylic acids is 2. The van der Waals surface area contributed by atoms with Crippen LogP contribution in [0.25, 0.3) is 0 Å². The molecule has 4 bridgehead atoms. The number of phosphoric ester groups is 2. The smallest absolute Gasteiger partial charge is 0.464 e. The number of nitrogens with zero attached hydrogens (tertiary/aromatic N) is 1. The fourth-order valence-electron chi connectivity index (χ4n) is 3.22. The van der Waals surface area contributed by atoms with Crippen LogP contribution in [0.4, 0.5) is 0 Å². The van der Waals surface area contributed by atoms with E-state index >= 15 is 0 Å². The Morgan fingerprint density at radius 2 is 1.06 bits per heavy atom. The van der Waals surface area contributed by atoms with E-state index in [1.165, 1.54) is 0 Å². The van der Waals surface area contributed by atoms with Crippen molar-refractivity contribution in [3.63, 3.8) is 0 Å². The van der Waals surface area contributed by atoms with E-state index in [2.05, 4.69) is 0 Å². The molecule has 6 saturated heterocycles. The van der Waals surface area contributed by atoms with Gasteiger partial charge in [0.2, 0.25) is 0 Å². The standard InChI is InChI=1S/C16H25NO12P2/c1-2-17(3-13(18)22-5-15-7-24-30(20,25-8-15)26-9-15)4-14(19)23-6-16-10-27-31(21,28-11-16)29-12-16/h2-12H2,1H3. The Bertz CT molecular complexity index is 692. The van der Waals surface area contributed by atoms with Crippen LogP contribution in [0, 0.1) is 10.8 Å². The molecule has 176 valence electrons. The van der Waals surface area contributed by atoms with Gasteiger partial charge in [0, 0.05) is 0 Å². The Hall–Kier alpha value is -0.880. The topological polar surface area (TPSA) is 145 Å². The van der Waals surface area contributed by atoms with Crippen LogP contribution in [0.15, 0.2) is 0 Å². The number of carbonyl (C=O) groups is 2.